The topological polar surface area (TPSA) is 71.1 Å². The van der Waals surface area contributed by atoms with E-state index < -0.39 is 0 Å². The largest absolute Gasteiger partial charge is 0.349 e. The van der Waals surface area contributed by atoms with Crippen molar-refractivity contribution in [2.75, 3.05) is 6.54 Å². The lowest BCUT2D eigenvalue weighted by Gasteiger charge is -2.12. The van der Waals surface area contributed by atoms with Crippen LogP contribution in [0.1, 0.15) is 46.4 Å². The molecule has 2 N–H and O–H groups in total. The van der Waals surface area contributed by atoms with Gasteiger partial charge < -0.3 is 10.6 Å². The fourth-order valence-corrected chi connectivity index (χ4v) is 2.29. The van der Waals surface area contributed by atoms with Gasteiger partial charge in [0, 0.05) is 25.0 Å². The quantitative estimate of drug-likeness (QED) is 0.802. The van der Waals surface area contributed by atoms with E-state index in [1.54, 1.807) is 12.1 Å². The van der Waals surface area contributed by atoms with E-state index in [-0.39, 0.29) is 17.9 Å². The van der Waals surface area contributed by atoms with Gasteiger partial charge in [-0.25, -0.2) is 0 Å². The second kappa shape index (κ2) is 6.84. The van der Waals surface area contributed by atoms with Crippen LogP contribution < -0.4 is 10.6 Å². The van der Waals surface area contributed by atoms with Crippen LogP contribution in [0.5, 0.6) is 0 Å². The highest BCUT2D eigenvalue weighted by Gasteiger charge is 2.18. The molecule has 0 saturated heterocycles. The van der Waals surface area contributed by atoms with E-state index in [0.717, 1.165) is 25.7 Å². The average molecular weight is 273 g/mol. The summed E-state index contributed by atoms with van der Waals surface area (Å²) in [7, 11) is 0. The Morgan fingerprint density at radius 3 is 2.55 bits per heavy atom. The van der Waals surface area contributed by atoms with Gasteiger partial charge in [0.2, 0.25) is 0 Å². The van der Waals surface area contributed by atoms with E-state index in [1.165, 1.54) is 12.4 Å². The summed E-state index contributed by atoms with van der Waals surface area (Å²) in [5, 5.41) is 5.64. The van der Waals surface area contributed by atoms with Crippen molar-refractivity contribution < 1.29 is 9.59 Å². The molecule has 20 heavy (non-hydrogen) atoms. The molecule has 1 aliphatic rings. The lowest BCUT2D eigenvalue weighted by Crippen LogP contribution is -2.33. The van der Waals surface area contributed by atoms with E-state index in [4.69, 9.17) is 0 Å². The highest BCUT2D eigenvalue weighted by atomic mass is 16.2. The summed E-state index contributed by atoms with van der Waals surface area (Å²) in [4.78, 5) is 27.8. The van der Waals surface area contributed by atoms with Crippen molar-refractivity contribution in [2.24, 2.45) is 0 Å². The van der Waals surface area contributed by atoms with Gasteiger partial charge in [0.1, 0.15) is 0 Å². The maximum absolute atomic E-state index is 12.1. The fraction of sp³-hybridized carbons (Fsp3) is 0.400. The van der Waals surface area contributed by atoms with Crippen molar-refractivity contribution in [3.63, 3.8) is 0 Å². The zero-order valence-electron chi connectivity index (χ0n) is 11.4. The van der Waals surface area contributed by atoms with Crippen LogP contribution in [0.25, 0.3) is 0 Å². The number of nitrogens with zero attached hydrogens (tertiary/aromatic N) is 1. The highest BCUT2D eigenvalue weighted by molar-refractivity contribution is 5.99. The summed E-state index contributed by atoms with van der Waals surface area (Å²) >= 11 is 0. The molecule has 1 aliphatic carbocycles. The third kappa shape index (κ3) is 3.66. The SMILES string of the molecule is C=CCNC(=O)c1cncc(C(=O)NC2CCCC2)c1. The second-order valence-corrected chi connectivity index (χ2v) is 4.92. The van der Waals surface area contributed by atoms with E-state index in [9.17, 15) is 9.59 Å². The van der Waals surface area contributed by atoms with E-state index >= 15 is 0 Å². The number of aromatic nitrogens is 1. The molecule has 0 spiro atoms. The molecule has 2 rings (SSSR count). The molecule has 0 unspecified atom stereocenters. The molecule has 1 saturated carbocycles. The highest BCUT2D eigenvalue weighted by Crippen LogP contribution is 2.18. The van der Waals surface area contributed by atoms with Crippen molar-refractivity contribution in [1.82, 2.24) is 15.6 Å². The predicted molar refractivity (Wildman–Crippen MR) is 76.5 cm³/mol. The number of nitrogens with one attached hydrogen (secondary N) is 2. The molecule has 0 aromatic carbocycles. The Morgan fingerprint density at radius 2 is 1.90 bits per heavy atom. The fourth-order valence-electron chi connectivity index (χ4n) is 2.29. The van der Waals surface area contributed by atoms with Gasteiger partial charge >= 0.3 is 0 Å². The van der Waals surface area contributed by atoms with E-state index in [1.807, 2.05) is 0 Å². The Hall–Kier alpha value is -2.17. The Morgan fingerprint density at radius 1 is 1.25 bits per heavy atom. The minimum Gasteiger partial charge on any atom is -0.349 e. The maximum Gasteiger partial charge on any atom is 0.253 e. The maximum atomic E-state index is 12.1. The second-order valence-electron chi connectivity index (χ2n) is 4.92. The van der Waals surface area contributed by atoms with Crippen LogP contribution in [0.2, 0.25) is 0 Å². The van der Waals surface area contributed by atoms with Crippen LogP contribution in [0.4, 0.5) is 0 Å². The molecule has 1 heterocycles. The van der Waals surface area contributed by atoms with E-state index in [0.29, 0.717) is 17.7 Å². The van der Waals surface area contributed by atoms with Gasteiger partial charge in [-0.2, -0.15) is 0 Å². The summed E-state index contributed by atoms with van der Waals surface area (Å²) < 4.78 is 0. The normalized spacial score (nSPS) is 14.8. The van der Waals surface area contributed by atoms with Crippen LogP contribution in [0.15, 0.2) is 31.1 Å². The minimum atomic E-state index is -0.257. The number of rotatable bonds is 5. The number of pyridine rings is 1. The Kier molecular flexibility index (Phi) is 4.87. The van der Waals surface area contributed by atoms with Gasteiger partial charge in [-0.15, -0.1) is 6.58 Å². The molecule has 2 amide bonds. The Bertz CT molecular complexity index is 508. The molecule has 5 nitrogen and oxygen atoms in total. The Balaban J connectivity index is 2.02. The number of hydrogen-bond acceptors (Lipinski definition) is 3. The summed E-state index contributed by atoms with van der Waals surface area (Å²) in [6.45, 7) is 3.92. The molecule has 1 aromatic heterocycles. The van der Waals surface area contributed by atoms with Gasteiger partial charge in [-0.1, -0.05) is 18.9 Å². The molecule has 0 atom stereocenters. The lowest BCUT2D eigenvalue weighted by molar-refractivity contribution is 0.0937. The van der Waals surface area contributed by atoms with Crippen LogP contribution in [0, 0.1) is 0 Å². The standard InChI is InChI=1S/C15H19N3O2/c1-2-7-17-14(19)11-8-12(10-16-9-11)15(20)18-13-5-3-4-6-13/h2,8-10,13H,1,3-7H2,(H,17,19)(H,18,20). The van der Waals surface area contributed by atoms with Gasteiger partial charge in [0.25, 0.3) is 11.8 Å². The number of amides is 2. The van der Waals surface area contributed by atoms with Crippen molar-refractivity contribution in [2.45, 2.75) is 31.7 Å². The molecular weight excluding hydrogens is 254 g/mol. The van der Waals surface area contributed by atoms with Crippen LogP contribution in [-0.2, 0) is 0 Å². The van der Waals surface area contributed by atoms with Crippen LogP contribution >= 0.6 is 0 Å². The zero-order valence-corrected chi connectivity index (χ0v) is 11.4. The Labute approximate surface area is 118 Å². The van der Waals surface area contributed by atoms with Gasteiger partial charge in [0.05, 0.1) is 11.1 Å². The first-order valence-electron chi connectivity index (χ1n) is 6.85. The molecule has 1 aromatic rings. The zero-order chi connectivity index (χ0) is 14.4. The predicted octanol–water partition coefficient (Wildman–Crippen LogP) is 1.67. The number of carbonyl (C=O) groups is 2. The molecule has 0 aliphatic heterocycles. The molecular formula is C15H19N3O2. The first-order chi connectivity index (χ1) is 9.70. The first-order valence-corrected chi connectivity index (χ1v) is 6.85. The van der Waals surface area contributed by atoms with Crippen LogP contribution in [0.3, 0.4) is 0 Å². The smallest absolute Gasteiger partial charge is 0.253 e. The summed E-state index contributed by atoms with van der Waals surface area (Å²) in [6, 6.07) is 1.82. The minimum absolute atomic E-state index is 0.164. The van der Waals surface area contributed by atoms with E-state index in [2.05, 4.69) is 22.2 Å². The summed E-state index contributed by atoms with van der Waals surface area (Å²) in [6.07, 6.45) is 8.90. The number of hydrogen-bond donors (Lipinski definition) is 2. The van der Waals surface area contributed by atoms with Crippen molar-refractivity contribution in [3.05, 3.63) is 42.2 Å². The molecule has 0 bridgehead atoms. The molecule has 0 radical (unpaired) electrons. The molecule has 1 fully saturated rings. The van der Waals surface area contributed by atoms with Gasteiger partial charge in [0.15, 0.2) is 0 Å². The third-order valence-corrected chi connectivity index (χ3v) is 3.36. The summed E-state index contributed by atoms with van der Waals surface area (Å²) in [5.41, 5.74) is 0.800. The van der Waals surface area contributed by atoms with Gasteiger partial charge in [-0.3, -0.25) is 14.6 Å². The third-order valence-electron chi connectivity index (χ3n) is 3.36. The average Bonchev–Trinajstić information content (AvgIpc) is 2.97. The van der Waals surface area contributed by atoms with Crippen LogP contribution in [-0.4, -0.2) is 29.4 Å². The van der Waals surface area contributed by atoms with Crippen molar-refractivity contribution >= 4 is 11.8 Å². The lowest BCUT2D eigenvalue weighted by atomic mass is 10.1. The molecule has 106 valence electrons. The number of carbonyl (C=O) groups excluding carboxylic acids is 2. The van der Waals surface area contributed by atoms with Crippen molar-refractivity contribution in [1.29, 1.82) is 0 Å². The molecule has 5 heteroatoms. The first kappa shape index (κ1) is 14.2. The monoisotopic (exact) mass is 273 g/mol. The summed E-state index contributed by atoms with van der Waals surface area (Å²) in [5.74, 6) is -0.421. The van der Waals surface area contributed by atoms with Gasteiger partial charge in [-0.05, 0) is 18.9 Å². The van der Waals surface area contributed by atoms with Crippen molar-refractivity contribution in [3.8, 4) is 0 Å².